The molecule has 5 heteroatoms. The van der Waals surface area contributed by atoms with E-state index in [0.29, 0.717) is 23.8 Å². The van der Waals surface area contributed by atoms with E-state index in [9.17, 15) is 9.90 Å². The zero-order chi connectivity index (χ0) is 12.7. The molecule has 0 saturated carbocycles. The summed E-state index contributed by atoms with van der Waals surface area (Å²) >= 11 is 0. The molecule has 0 aromatic carbocycles. The van der Waals surface area contributed by atoms with E-state index in [1.165, 1.54) is 0 Å². The lowest BCUT2D eigenvalue weighted by Gasteiger charge is -2.23. The van der Waals surface area contributed by atoms with Crippen molar-refractivity contribution in [3.8, 4) is 0 Å². The summed E-state index contributed by atoms with van der Waals surface area (Å²) < 4.78 is 0. The Labute approximate surface area is 106 Å². The molecule has 2 N–H and O–H groups in total. The van der Waals surface area contributed by atoms with Gasteiger partial charge in [0.2, 0.25) is 0 Å². The maximum Gasteiger partial charge on any atom is 0.252 e. The molecule has 0 radical (unpaired) electrons. The van der Waals surface area contributed by atoms with Gasteiger partial charge in [0.1, 0.15) is 5.82 Å². The molecule has 3 rings (SSSR count). The van der Waals surface area contributed by atoms with E-state index in [4.69, 9.17) is 0 Å². The molecule has 1 aromatic rings. The van der Waals surface area contributed by atoms with Gasteiger partial charge in [-0.2, -0.15) is 0 Å². The fourth-order valence-corrected chi connectivity index (χ4v) is 2.82. The van der Waals surface area contributed by atoms with E-state index in [-0.39, 0.29) is 12.5 Å². The fourth-order valence-electron chi connectivity index (χ4n) is 2.82. The minimum atomic E-state index is -0.118. The van der Waals surface area contributed by atoms with Gasteiger partial charge < -0.3 is 15.3 Å². The van der Waals surface area contributed by atoms with Gasteiger partial charge in [-0.05, 0) is 25.8 Å². The lowest BCUT2D eigenvalue weighted by atomic mass is 10.1. The number of nitrogens with one attached hydrogen (secondary N) is 1. The van der Waals surface area contributed by atoms with Crippen molar-refractivity contribution in [1.82, 2.24) is 10.3 Å². The van der Waals surface area contributed by atoms with Gasteiger partial charge in [-0.15, -0.1) is 0 Å². The zero-order valence-electron chi connectivity index (χ0n) is 10.4. The molecule has 1 amide bonds. The molecule has 0 unspecified atom stereocenters. The van der Waals surface area contributed by atoms with Gasteiger partial charge in [-0.3, -0.25) is 4.79 Å². The predicted molar refractivity (Wildman–Crippen MR) is 67.4 cm³/mol. The third kappa shape index (κ3) is 1.66. The quantitative estimate of drug-likeness (QED) is 0.811. The molecule has 96 valence electrons. The summed E-state index contributed by atoms with van der Waals surface area (Å²) in [6.07, 6.45) is 2.31. The van der Waals surface area contributed by atoms with Crippen LogP contribution in [-0.4, -0.2) is 28.6 Å². The molecule has 1 aromatic heterocycles. The predicted octanol–water partition coefficient (Wildman–Crippen LogP) is 0.806. The van der Waals surface area contributed by atoms with Crippen LogP contribution in [0.3, 0.4) is 0 Å². The van der Waals surface area contributed by atoms with E-state index >= 15 is 0 Å². The first-order valence-corrected chi connectivity index (χ1v) is 6.39. The van der Waals surface area contributed by atoms with Crippen LogP contribution in [0.4, 0.5) is 5.82 Å². The number of rotatable bonds is 2. The maximum atomic E-state index is 11.7. The van der Waals surface area contributed by atoms with Crippen molar-refractivity contribution in [2.24, 2.45) is 0 Å². The molecule has 2 aliphatic heterocycles. The summed E-state index contributed by atoms with van der Waals surface area (Å²) in [4.78, 5) is 18.5. The number of fused-ring (bicyclic) bond motifs is 1. The van der Waals surface area contributed by atoms with Crippen molar-refractivity contribution in [1.29, 1.82) is 0 Å². The molecule has 0 aliphatic carbocycles. The molecule has 1 fully saturated rings. The zero-order valence-corrected chi connectivity index (χ0v) is 10.4. The Balaban J connectivity index is 2.06. The van der Waals surface area contributed by atoms with E-state index in [1.54, 1.807) is 0 Å². The van der Waals surface area contributed by atoms with Crippen LogP contribution in [0.25, 0.3) is 0 Å². The lowest BCUT2D eigenvalue weighted by Crippen LogP contribution is -2.28. The number of aromatic nitrogens is 1. The SMILES string of the molecule is C[C@@H]1CCCN1c1cc2c(c(CO)n1)CNC2=O. The number of anilines is 1. The average Bonchev–Trinajstić information content (AvgIpc) is 2.95. The highest BCUT2D eigenvalue weighted by molar-refractivity contribution is 5.99. The number of nitrogens with zero attached hydrogens (tertiary/aromatic N) is 2. The second-order valence-electron chi connectivity index (χ2n) is 4.98. The monoisotopic (exact) mass is 247 g/mol. The second kappa shape index (κ2) is 4.24. The second-order valence-corrected chi connectivity index (χ2v) is 4.98. The Hall–Kier alpha value is -1.62. The molecule has 18 heavy (non-hydrogen) atoms. The number of aliphatic hydroxyl groups is 1. The summed E-state index contributed by atoms with van der Waals surface area (Å²) in [5.41, 5.74) is 2.14. The molecule has 3 heterocycles. The summed E-state index contributed by atoms with van der Waals surface area (Å²) in [7, 11) is 0. The highest BCUT2D eigenvalue weighted by Crippen LogP contribution is 2.28. The van der Waals surface area contributed by atoms with E-state index < -0.39 is 0 Å². The normalized spacial score (nSPS) is 22.2. The number of carbonyl (C=O) groups is 1. The molecular formula is C13H17N3O2. The molecular weight excluding hydrogens is 230 g/mol. The Bertz CT molecular complexity index is 501. The maximum absolute atomic E-state index is 11.7. The third-order valence-corrected chi connectivity index (χ3v) is 3.86. The van der Waals surface area contributed by atoms with Gasteiger partial charge >= 0.3 is 0 Å². The number of hydrogen-bond donors (Lipinski definition) is 2. The fraction of sp³-hybridized carbons (Fsp3) is 0.538. The van der Waals surface area contributed by atoms with Crippen LogP contribution < -0.4 is 10.2 Å². The Morgan fingerprint density at radius 1 is 1.61 bits per heavy atom. The van der Waals surface area contributed by atoms with Crippen molar-refractivity contribution in [2.45, 2.75) is 39.0 Å². The first kappa shape index (κ1) is 11.5. The van der Waals surface area contributed by atoms with Crippen LogP contribution in [0.2, 0.25) is 0 Å². The number of amides is 1. The van der Waals surface area contributed by atoms with Crippen molar-refractivity contribution in [3.05, 3.63) is 22.9 Å². The van der Waals surface area contributed by atoms with Gasteiger partial charge in [0.15, 0.2) is 0 Å². The highest BCUT2D eigenvalue weighted by Gasteiger charge is 2.27. The van der Waals surface area contributed by atoms with Crippen molar-refractivity contribution in [3.63, 3.8) is 0 Å². The van der Waals surface area contributed by atoms with E-state index in [1.807, 2.05) is 6.07 Å². The Morgan fingerprint density at radius 3 is 3.11 bits per heavy atom. The number of hydrogen-bond acceptors (Lipinski definition) is 4. The smallest absolute Gasteiger partial charge is 0.252 e. The number of aliphatic hydroxyl groups excluding tert-OH is 1. The van der Waals surface area contributed by atoms with Gasteiger partial charge in [-0.25, -0.2) is 4.98 Å². The van der Waals surface area contributed by atoms with Gasteiger partial charge in [0.05, 0.1) is 12.3 Å². The summed E-state index contributed by atoms with van der Waals surface area (Å²) in [6, 6.07) is 2.31. The van der Waals surface area contributed by atoms with Crippen LogP contribution in [0.5, 0.6) is 0 Å². The largest absolute Gasteiger partial charge is 0.390 e. The topological polar surface area (TPSA) is 65.5 Å². The van der Waals surface area contributed by atoms with Crippen LogP contribution in [0.15, 0.2) is 6.07 Å². The molecule has 1 atom stereocenters. The van der Waals surface area contributed by atoms with Crippen LogP contribution in [0.1, 0.15) is 41.4 Å². The molecule has 0 bridgehead atoms. The van der Waals surface area contributed by atoms with E-state index in [2.05, 4.69) is 22.1 Å². The van der Waals surface area contributed by atoms with E-state index in [0.717, 1.165) is 30.8 Å². The first-order valence-electron chi connectivity index (χ1n) is 6.39. The Kier molecular flexibility index (Phi) is 2.70. The standard InChI is InChI=1S/C13H17N3O2/c1-8-3-2-4-16(8)12-5-9-10(6-14-13(9)18)11(7-17)15-12/h5,8,17H,2-4,6-7H2,1H3,(H,14,18)/t8-/m1/s1. The number of pyridine rings is 1. The minimum Gasteiger partial charge on any atom is -0.390 e. The molecule has 2 aliphatic rings. The highest BCUT2D eigenvalue weighted by atomic mass is 16.3. The minimum absolute atomic E-state index is 0.0600. The average molecular weight is 247 g/mol. The molecule has 5 nitrogen and oxygen atoms in total. The van der Waals surface area contributed by atoms with Crippen molar-refractivity contribution < 1.29 is 9.90 Å². The van der Waals surface area contributed by atoms with Crippen LogP contribution in [0, 0.1) is 0 Å². The Morgan fingerprint density at radius 2 is 2.44 bits per heavy atom. The van der Waals surface area contributed by atoms with Crippen molar-refractivity contribution in [2.75, 3.05) is 11.4 Å². The summed E-state index contributed by atoms with van der Waals surface area (Å²) in [5.74, 6) is 0.759. The van der Waals surface area contributed by atoms with Crippen molar-refractivity contribution >= 4 is 11.7 Å². The van der Waals surface area contributed by atoms with Gasteiger partial charge in [-0.1, -0.05) is 0 Å². The lowest BCUT2D eigenvalue weighted by molar-refractivity contribution is 0.0965. The first-order chi connectivity index (χ1) is 8.70. The summed E-state index contributed by atoms with van der Waals surface area (Å²) in [6.45, 7) is 3.50. The van der Waals surface area contributed by atoms with Crippen LogP contribution in [-0.2, 0) is 13.2 Å². The molecule has 0 spiro atoms. The number of carbonyl (C=O) groups excluding carboxylic acids is 1. The summed E-state index contributed by atoms with van der Waals surface area (Å²) in [5, 5.41) is 12.2. The molecule has 1 saturated heterocycles. The third-order valence-electron chi connectivity index (χ3n) is 3.86. The van der Waals surface area contributed by atoms with Gasteiger partial charge in [0, 0.05) is 30.3 Å². The van der Waals surface area contributed by atoms with Crippen LogP contribution >= 0.6 is 0 Å². The van der Waals surface area contributed by atoms with Gasteiger partial charge in [0.25, 0.3) is 5.91 Å².